The SMILES string of the molecule is Cc1cc(C)c(NC(=O)Cn2c3ccccc3c3ccccc32)c(C)c1. The van der Waals surface area contributed by atoms with E-state index in [2.05, 4.69) is 53.2 Å². The summed E-state index contributed by atoms with van der Waals surface area (Å²) in [5, 5.41) is 5.47. The number of nitrogens with one attached hydrogen (secondary N) is 1. The molecule has 3 nitrogen and oxygen atoms in total. The molecule has 4 aromatic rings. The highest BCUT2D eigenvalue weighted by Gasteiger charge is 2.14. The van der Waals surface area contributed by atoms with Gasteiger partial charge in [0.05, 0.1) is 0 Å². The molecule has 3 aromatic carbocycles. The van der Waals surface area contributed by atoms with Crippen LogP contribution in [0.4, 0.5) is 5.69 Å². The quantitative estimate of drug-likeness (QED) is 0.534. The maximum atomic E-state index is 12.8. The number of aromatic nitrogens is 1. The predicted molar refractivity (Wildman–Crippen MR) is 109 cm³/mol. The third-order valence-electron chi connectivity index (χ3n) is 4.92. The molecule has 1 heterocycles. The molecule has 0 saturated heterocycles. The van der Waals surface area contributed by atoms with E-state index in [4.69, 9.17) is 0 Å². The third-order valence-corrected chi connectivity index (χ3v) is 4.92. The van der Waals surface area contributed by atoms with Gasteiger partial charge in [-0.25, -0.2) is 0 Å². The van der Waals surface area contributed by atoms with E-state index in [0.29, 0.717) is 6.54 Å². The molecular weight excluding hydrogens is 320 g/mol. The van der Waals surface area contributed by atoms with E-state index < -0.39 is 0 Å². The smallest absolute Gasteiger partial charge is 0.244 e. The number of hydrogen-bond donors (Lipinski definition) is 1. The minimum Gasteiger partial charge on any atom is -0.331 e. The van der Waals surface area contributed by atoms with Crippen LogP contribution in [0.2, 0.25) is 0 Å². The standard InChI is InChI=1S/C23H22N2O/c1-15-12-16(2)23(17(3)13-15)24-22(26)14-25-20-10-6-4-8-18(20)19-9-5-7-11-21(19)25/h4-13H,14H2,1-3H3,(H,24,26). The van der Waals surface area contributed by atoms with Crippen LogP contribution in [0.1, 0.15) is 16.7 Å². The molecule has 1 aromatic heterocycles. The van der Waals surface area contributed by atoms with E-state index in [-0.39, 0.29) is 5.91 Å². The fourth-order valence-corrected chi connectivity index (χ4v) is 3.87. The van der Waals surface area contributed by atoms with E-state index in [1.54, 1.807) is 0 Å². The summed E-state index contributed by atoms with van der Waals surface area (Å²) >= 11 is 0. The Morgan fingerprint density at radius 2 is 1.35 bits per heavy atom. The Balaban J connectivity index is 1.72. The highest BCUT2D eigenvalue weighted by Crippen LogP contribution is 2.29. The molecule has 0 aliphatic heterocycles. The van der Waals surface area contributed by atoms with Gasteiger partial charge >= 0.3 is 0 Å². The number of nitrogens with zero attached hydrogens (tertiary/aromatic N) is 1. The van der Waals surface area contributed by atoms with Crippen molar-refractivity contribution in [3.63, 3.8) is 0 Å². The van der Waals surface area contributed by atoms with Crippen LogP contribution < -0.4 is 5.32 Å². The Hall–Kier alpha value is -3.07. The molecule has 0 bridgehead atoms. The monoisotopic (exact) mass is 342 g/mol. The van der Waals surface area contributed by atoms with Crippen molar-refractivity contribution in [1.29, 1.82) is 0 Å². The van der Waals surface area contributed by atoms with Crippen molar-refractivity contribution in [2.75, 3.05) is 5.32 Å². The van der Waals surface area contributed by atoms with E-state index in [9.17, 15) is 4.79 Å². The Kier molecular flexibility index (Phi) is 4.00. The molecular formula is C23H22N2O. The minimum absolute atomic E-state index is 0.00782. The fourth-order valence-electron chi connectivity index (χ4n) is 3.87. The summed E-state index contributed by atoms with van der Waals surface area (Å²) in [7, 11) is 0. The largest absolute Gasteiger partial charge is 0.331 e. The Labute approximate surface area is 153 Å². The zero-order valence-corrected chi connectivity index (χ0v) is 15.3. The van der Waals surface area contributed by atoms with Gasteiger partial charge in [-0.1, -0.05) is 54.1 Å². The van der Waals surface area contributed by atoms with Gasteiger partial charge < -0.3 is 9.88 Å². The van der Waals surface area contributed by atoms with Gasteiger partial charge in [0.2, 0.25) is 5.91 Å². The number of carbonyl (C=O) groups excluding carboxylic acids is 1. The number of hydrogen-bond acceptors (Lipinski definition) is 1. The second kappa shape index (κ2) is 6.34. The molecule has 3 heteroatoms. The summed E-state index contributed by atoms with van der Waals surface area (Å²) in [6, 6.07) is 20.7. The van der Waals surface area contributed by atoms with Gasteiger partial charge in [-0.2, -0.15) is 0 Å². The Morgan fingerprint density at radius 3 is 1.88 bits per heavy atom. The second-order valence-corrected chi connectivity index (χ2v) is 6.94. The first kappa shape index (κ1) is 16.4. The van der Waals surface area contributed by atoms with Gasteiger partial charge in [0, 0.05) is 27.5 Å². The normalized spacial score (nSPS) is 11.2. The highest BCUT2D eigenvalue weighted by atomic mass is 16.1. The second-order valence-electron chi connectivity index (χ2n) is 6.94. The summed E-state index contributed by atoms with van der Waals surface area (Å²) in [6.07, 6.45) is 0. The maximum Gasteiger partial charge on any atom is 0.244 e. The number of fused-ring (bicyclic) bond motifs is 3. The number of amides is 1. The number of para-hydroxylation sites is 2. The van der Waals surface area contributed by atoms with E-state index in [0.717, 1.165) is 27.8 Å². The predicted octanol–water partition coefficient (Wildman–Crippen LogP) is 5.36. The number of carbonyl (C=O) groups is 1. The van der Waals surface area contributed by atoms with Crippen molar-refractivity contribution in [1.82, 2.24) is 4.57 Å². The van der Waals surface area contributed by atoms with E-state index >= 15 is 0 Å². The third kappa shape index (κ3) is 2.76. The first-order valence-electron chi connectivity index (χ1n) is 8.88. The molecule has 0 fully saturated rings. The fraction of sp³-hybridized carbons (Fsp3) is 0.174. The van der Waals surface area contributed by atoms with Crippen molar-refractivity contribution in [2.45, 2.75) is 27.3 Å². The molecule has 0 spiro atoms. The zero-order valence-electron chi connectivity index (χ0n) is 15.3. The van der Waals surface area contributed by atoms with Crippen molar-refractivity contribution < 1.29 is 4.79 Å². The molecule has 130 valence electrons. The van der Waals surface area contributed by atoms with E-state index in [1.807, 2.05) is 38.1 Å². The Bertz CT molecular complexity index is 1060. The molecule has 0 atom stereocenters. The van der Waals surface area contributed by atoms with Crippen molar-refractivity contribution >= 4 is 33.4 Å². The van der Waals surface area contributed by atoms with Crippen molar-refractivity contribution in [3.8, 4) is 0 Å². The van der Waals surface area contributed by atoms with E-state index in [1.165, 1.54) is 16.3 Å². The average Bonchev–Trinajstić information content (AvgIpc) is 2.93. The molecule has 1 amide bonds. The minimum atomic E-state index is -0.00782. The van der Waals surface area contributed by atoms with Gasteiger partial charge in [0.25, 0.3) is 0 Å². The molecule has 4 rings (SSSR count). The lowest BCUT2D eigenvalue weighted by Crippen LogP contribution is -2.19. The zero-order chi connectivity index (χ0) is 18.3. The van der Waals surface area contributed by atoms with Crippen LogP contribution in [0.15, 0.2) is 60.7 Å². The average molecular weight is 342 g/mol. The van der Waals surface area contributed by atoms with Crippen molar-refractivity contribution in [2.24, 2.45) is 0 Å². The van der Waals surface area contributed by atoms with Crippen LogP contribution in [-0.2, 0) is 11.3 Å². The number of anilines is 1. The van der Waals surface area contributed by atoms with Crippen LogP contribution in [0.3, 0.4) is 0 Å². The lowest BCUT2D eigenvalue weighted by molar-refractivity contribution is -0.116. The maximum absolute atomic E-state index is 12.8. The van der Waals surface area contributed by atoms with Crippen LogP contribution in [-0.4, -0.2) is 10.5 Å². The summed E-state index contributed by atoms with van der Waals surface area (Å²) in [4.78, 5) is 12.8. The highest BCUT2D eigenvalue weighted by molar-refractivity contribution is 6.09. The lowest BCUT2D eigenvalue weighted by Gasteiger charge is -2.14. The molecule has 0 aliphatic rings. The number of rotatable bonds is 3. The van der Waals surface area contributed by atoms with Crippen LogP contribution in [0.25, 0.3) is 21.8 Å². The molecule has 1 N–H and O–H groups in total. The van der Waals surface area contributed by atoms with Gasteiger partial charge in [0.1, 0.15) is 6.54 Å². The summed E-state index contributed by atoms with van der Waals surface area (Å²) in [5.41, 5.74) is 6.49. The van der Waals surface area contributed by atoms with Crippen LogP contribution in [0.5, 0.6) is 0 Å². The molecule has 0 unspecified atom stereocenters. The molecule has 0 saturated carbocycles. The lowest BCUT2D eigenvalue weighted by atomic mass is 10.1. The first-order valence-corrected chi connectivity index (χ1v) is 8.88. The number of aryl methyl sites for hydroxylation is 3. The van der Waals surface area contributed by atoms with Gasteiger partial charge in [-0.15, -0.1) is 0 Å². The topological polar surface area (TPSA) is 34.0 Å². The summed E-state index contributed by atoms with van der Waals surface area (Å²) in [6.45, 7) is 6.44. The summed E-state index contributed by atoms with van der Waals surface area (Å²) < 4.78 is 2.10. The molecule has 0 radical (unpaired) electrons. The number of benzene rings is 3. The van der Waals surface area contributed by atoms with Crippen molar-refractivity contribution in [3.05, 3.63) is 77.4 Å². The van der Waals surface area contributed by atoms with Gasteiger partial charge in [-0.3, -0.25) is 4.79 Å². The van der Waals surface area contributed by atoms with Gasteiger partial charge in [-0.05, 0) is 44.0 Å². The van der Waals surface area contributed by atoms with Crippen LogP contribution in [0, 0.1) is 20.8 Å². The Morgan fingerprint density at radius 1 is 0.846 bits per heavy atom. The molecule has 0 aliphatic carbocycles. The first-order chi connectivity index (χ1) is 12.5. The summed E-state index contributed by atoms with van der Waals surface area (Å²) in [5.74, 6) is -0.00782. The molecule has 26 heavy (non-hydrogen) atoms. The van der Waals surface area contributed by atoms with Crippen LogP contribution >= 0.6 is 0 Å². The van der Waals surface area contributed by atoms with Gasteiger partial charge in [0.15, 0.2) is 0 Å².